The van der Waals surface area contributed by atoms with Crippen LogP contribution in [0.1, 0.15) is 13.3 Å². The molecule has 2 aromatic rings. The number of rotatable bonds is 5. The Labute approximate surface area is 158 Å². The summed E-state index contributed by atoms with van der Waals surface area (Å²) in [6, 6.07) is 3.64. The van der Waals surface area contributed by atoms with Crippen molar-refractivity contribution in [1.29, 1.82) is 0 Å². The second-order valence-electron chi connectivity index (χ2n) is 6.61. The van der Waals surface area contributed by atoms with Crippen molar-refractivity contribution in [2.24, 2.45) is 0 Å². The van der Waals surface area contributed by atoms with Crippen molar-refractivity contribution >= 4 is 22.4 Å². The van der Waals surface area contributed by atoms with E-state index in [-0.39, 0.29) is 28.9 Å². The first-order valence-electron chi connectivity index (χ1n) is 8.58. The summed E-state index contributed by atoms with van der Waals surface area (Å²) < 4.78 is 36.0. The van der Waals surface area contributed by atoms with Crippen LogP contribution in [0.3, 0.4) is 0 Å². The van der Waals surface area contributed by atoms with Crippen LogP contribution < -0.4 is 15.4 Å². The number of anilines is 2. The number of aromatic nitrogens is 3. The standard InChI is InChI=1S/C17H20FN5O3S/c1-9(18)26-14-3-10(6-20-16(14)19)13-5-15(22-17(21-13)27(2)24)23-7-12-4-11(23)8-25-12/h3,5-6,9,11-12H,4,7-8H2,1-2H3,(H2,19,20)/t9?,11-,12-,27?/m0/s1. The van der Waals surface area contributed by atoms with Crippen molar-refractivity contribution in [1.82, 2.24) is 15.0 Å². The number of morpholine rings is 1. The maximum atomic E-state index is 13.2. The van der Waals surface area contributed by atoms with E-state index in [1.54, 1.807) is 6.07 Å². The van der Waals surface area contributed by atoms with Crippen LogP contribution in [0.5, 0.6) is 5.75 Å². The number of nitrogens with two attached hydrogens (primary N) is 1. The van der Waals surface area contributed by atoms with Crippen molar-refractivity contribution in [2.75, 3.05) is 30.0 Å². The minimum atomic E-state index is -1.52. The Hall–Kier alpha value is -2.33. The zero-order chi connectivity index (χ0) is 19.1. The van der Waals surface area contributed by atoms with Crippen molar-refractivity contribution in [3.05, 3.63) is 18.3 Å². The molecule has 4 heterocycles. The van der Waals surface area contributed by atoms with E-state index in [2.05, 4.69) is 19.9 Å². The summed E-state index contributed by atoms with van der Waals surface area (Å²) in [5.41, 5.74) is 6.86. The van der Waals surface area contributed by atoms with Crippen molar-refractivity contribution in [2.45, 2.75) is 37.0 Å². The molecule has 2 aliphatic rings. The van der Waals surface area contributed by atoms with E-state index in [1.165, 1.54) is 19.4 Å². The predicted octanol–water partition coefficient (Wildman–Crippen LogP) is 1.53. The summed E-state index contributed by atoms with van der Waals surface area (Å²) in [6.07, 6.45) is 2.69. The summed E-state index contributed by atoms with van der Waals surface area (Å²) in [6.45, 7) is 2.66. The molecule has 4 atom stereocenters. The van der Waals surface area contributed by atoms with E-state index in [4.69, 9.17) is 15.2 Å². The van der Waals surface area contributed by atoms with Crippen LogP contribution in [0.15, 0.2) is 23.5 Å². The summed E-state index contributed by atoms with van der Waals surface area (Å²) in [5, 5.41) is 0.226. The molecule has 0 saturated carbocycles. The first-order valence-corrected chi connectivity index (χ1v) is 10.1. The summed E-state index contributed by atoms with van der Waals surface area (Å²) in [5.74, 6) is 0.917. The maximum absolute atomic E-state index is 13.2. The van der Waals surface area contributed by atoms with Gasteiger partial charge >= 0.3 is 0 Å². The zero-order valence-corrected chi connectivity index (χ0v) is 15.8. The minimum absolute atomic E-state index is 0.0887. The normalized spacial score (nSPS) is 23.4. The Morgan fingerprint density at radius 1 is 1.44 bits per heavy atom. The molecule has 144 valence electrons. The lowest BCUT2D eigenvalue weighted by Crippen LogP contribution is -2.37. The highest BCUT2D eigenvalue weighted by Crippen LogP contribution is 2.34. The SMILES string of the molecule is CC(F)Oc1cc(-c2cc(N3C[C@@H]4C[C@H]3CO4)nc(S(C)=O)n2)cnc1N. The van der Waals surface area contributed by atoms with E-state index in [1.807, 2.05) is 6.07 Å². The predicted molar refractivity (Wildman–Crippen MR) is 98.7 cm³/mol. The van der Waals surface area contributed by atoms with Gasteiger partial charge in [-0.3, -0.25) is 4.21 Å². The zero-order valence-electron chi connectivity index (χ0n) is 15.0. The largest absolute Gasteiger partial charge is 0.457 e. The molecule has 0 amide bonds. The number of ether oxygens (including phenoxy) is 2. The average molecular weight is 393 g/mol. The quantitative estimate of drug-likeness (QED) is 0.763. The molecule has 2 fully saturated rings. The van der Waals surface area contributed by atoms with Crippen molar-refractivity contribution < 1.29 is 18.1 Å². The highest BCUT2D eigenvalue weighted by Gasteiger charge is 2.40. The van der Waals surface area contributed by atoms with Gasteiger partial charge in [-0.15, -0.1) is 0 Å². The number of nitrogen functional groups attached to an aromatic ring is 1. The molecule has 0 aromatic carbocycles. The topological polar surface area (TPSA) is 103 Å². The monoisotopic (exact) mass is 393 g/mol. The molecule has 27 heavy (non-hydrogen) atoms. The van der Waals surface area contributed by atoms with Crippen molar-refractivity contribution in [3.8, 4) is 17.0 Å². The molecule has 2 N–H and O–H groups in total. The molecule has 2 aromatic heterocycles. The first kappa shape index (κ1) is 18.1. The van der Waals surface area contributed by atoms with Crippen LogP contribution in [0.25, 0.3) is 11.3 Å². The molecule has 4 rings (SSSR count). The molecule has 2 saturated heterocycles. The van der Waals surface area contributed by atoms with E-state index in [0.717, 1.165) is 13.0 Å². The molecule has 0 aliphatic carbocycles. The van der Waals surface area contributed by atoms with E-state index >= 15 is 0 Å². The Balaban J connectivity index is 1.75. The Morgan fingerprint density at radius 2 is 2.26 bits per heavy atom. The lowest BCUT2D eigenvalue weighted by atomic mass is 10.2. The van der Waals surface area contributed by atoms with E-state index < -0.39 is 17.2 Å². The molecule has 2 unspecified atom stereocenters. The van der Waals surface area contributed by atoms with Gasteiger partial charge in [0.25, 0.3) is 0 Å². The lowest BCUT2D eigenvalue weighted by Gasteiger charge is -2.28. The molecule has 10 heteroatoms. The van der Waals surface area contributed by atoms with Crippen LogP contribution in [0, 0.1) is 0 Å². The first-order chi connectivity index (χ1) is 12.9. The fourth-order valence-corrected chi connectivity index (χ4v) is 3.83. The van der Waals surface area contributed by atoms with Gasteiger partial charge in [0.15, 0.2) is 11.6 Å². The highest BCUT2D eigenvalue weighted by molar-refractivity contribution is 7.84. The number of alkyl halides is 1. The van der Waals surface area contributed by atoms with Crippen LogP contribution >= 0.6 is 0 Å². The van der Waals surface area contributed by atoms with Gasteiger partial charge in [-0.25, -0.2) is 19.3 Å². The van der Waals surface area contributed by atoms with Gasteiger partial charge in [0.2, 0.25) is 11.5 Å². The van der Waals surface area contributed by atoms with Gasteiger partial charge < -0.3 is 20.1 Å². The van der Waals surface area contributed by atoms with Gasteiger partial charge in [0.05, 0.1) is 35.2 Å². The highest BCUT2D eigenvalue weighted by atomic mass is 32.2. The number of hydrogen-bond donors (Lipinski definition) is 1. The van der Waals surface area contributed by atoms with Gasteiger partial charge in [-0.05, 0) is 12.5 Å². The molecule has 8 nitrogen and oxygen atoms in total. The lowest BCUT2D eigenvalue weighted by molar-refractivity contribution is 0.0866. The molecule has 2 bridgehead atoms. The molecule has 2 aliphatic heterocycles. The minimum Gasteiger partial charge on any atom is -0.457 e. The third-order valence-corrected chi connectivity index (χ3v) is 5.31. The Morgan fingerprint density at radius 3 is 2.89 bits per heavy atom. The van der Waals surface area contributed by atoms with E-state index in [0.29, 0.717) is 23.7 Å². The smallest absolute Gasteiger partial charge is 0.236 e. The number of pyridine rings is 1. The van der Waals surface area contributed by atoms with Crippen LogP contribution in [-0.4, -0.2) is 57.1 Å². The Kier molecular flexibility index (Phi) is 4.68. The molecule has 0 radical (unpaired) electrons. The molecular weight excluding hydrogens is 373 g/mol. The molecule has 0 spiro atoms. The fraction of sp³-hybridized carbons (Fsp3) is 0.471. The van der Waals surface area contributed by atoms with Gasteiger partial charge in [-0.2, -0.15) is 0 Å². The van der Waals surface area contributed by atoms with Crippen LogP contribution in [0.2, 0.25) is 0 Å². The van der Waals surface area contributed by atoms with Gasteiger partial charge in [-0.1, -0.05) is 0 Å². The number of hydrogen-bond acceptors (Lipinski definition) is 8. The third-order valence-electron chi connectivity index (χ3n) is 4.61. The summed E-state index contributed by atoms with van der Waals surface area (Å²) in [7, 11) is -1.36. The van der Waals surface area contributed by atoms with Gasteiger partial charge in [0.1, 0.15) is 5.82 Å². The Bertz CT molecular complexity index is 897. The second kappa shape index (κ2) is 7.01. The number of fused-ring (bicyclic) bond motifs is 2. The average Bonchev–Trinajstić information content (AvgIpc) is 3.26. The third kappa shape index (κ3) is 3.59. The van der Waals surface area contributed by atoms with Crippen molar-refractivity contribution in [3.63, 3.8) is 0 Å². The number of halogens is 1. The van der Waals surface area contributed by atoms with Crippen LogP contribution in [0.4, 0.5) is 16.0 Å². The molecular formula is C17H20FN5O3S. The second-order valence-corrected chi connectivity index (χ2v) is 7.89. The maximum Gasteiger partial charge on any atom is 0.236 e. The number of nitrogens with zero attached hydrogens (tertiary/aromatic N) is 4. The summed E-state index contributed by atoms with van der Waals surface area (Å²) in [4.78, 5) is 15.1. The van der Waals surface area contributed by atoms with E-state index in [9.17, 15) is 8.60 Å². The van der Waals surface area contributed by atoms with Gasteiger partial charge in [0, 0.05) is 37.6 Å². The fourth-order valence-electron chi connectivity index (χ4n) is 3.38. The van der Waals surface area contributed by atoms with Crippen LogP contribution in [-0.2, 0) is 15.5 Å². The summed E-state index contributed by atoms with van der Waals surface area (Å²) >= 11 is 0.